The summed E-state index contributed by atoms with van der Waals surface area (Å²) in [7, 11) is 0. The highest BCUT2D eigenvalue weighted by Crippen LogP contribution is 2.36. The van der Waals surface area contributed by atoms with Crippen molar-refractivity contribution in [1.29, 1.82) is 0 Å². The Bertz CT molecular complexity index is 991. The van der Waals surface area contributed by atoms with E-state index in [0.29, 0.717) is 33.7 Å². The molecule has 1 atom stereocenters. The van der Waals surface area contributed by atoms with E-state index >= 15 is 0 Å². The van der Waals surface area contributed by atoms with E-state index in [-0.39, 0.29) is 16.9 Å². The van der Waals surface area contributed by atoms with E-state index in [4.69, 9.17) is 11.6 Å². The molecule has 0 aliphatic heterocycles. The van der Waals surface area contributed by atoms with Crippen molar-refractivity contribution in [2.75, 3.05) is 0 Å². The average molecular weight is 402 g/mol. The summed E-state index contributed by atoms with van der Waals surface area (Å²) < 4.78 is 16.3. The molecule has 0 saturated heterocycles. The number of carbonyl (C=O) groups excluding carboxylic acids is 1. The summed E-state index contributed by atoms with van der Waals surface area (Å²) in [6.07, 6.45) is 3.33. The van der Waals surface area contributed by atoms with Crippen LogP contribution >= 0.6 is 23.4 Å². The fourth-order valence-corrected chi connectivity index (χ4v) is 4.60. The Morgan fingerprint density at radius 3 is 2.63 bits per heavy atom. The average Bonchev–Trinajstić information content (AvgIpc) is 3.07. The molecule has 1 heterocycles. The molecule has 138 valence electrons. The summed E-state index contributed by atoms with van der Waals surface area (Å²) in [6, 6.07) is 13.7. The Kier molecular flexibility index (Phi) is 5.27. The second-order valence-electron chi connectivity index (χ2n) is 6.39. The SMILES string of the molecule is O=C1CCCCC1Sc1nnc(-c2ccccc2Cl)n1-c1ccccc1F. The van der Waals surface area contributed by atoms with Crippen LogP contribution in [0.3, 0.4) is 0 Å². The van der Waals surface area contributed by atoms with Crippen molar-refractivity contribution >= 4 is 29.1 Å². The van der Waals surface area contributed by atoms with Crippen molar-refractivity contribution in [2.45, 2.75) is 36.1 Å². The third-order valence-corrected chi connectivity index (χ3v) is 6.18. The maximum Gasteiger partial charge on any atom is 0.196 e. The lowest BCUT2D eigenvalue weighted by atomic mass is 9.99. The highest BCUT2D eigenvalue weighted by Gasteiger charge is 2.27. The number of thioether (sulfide) groups is 1. The lowest BCUT2D eigenvalue weighted by Crippen LogP contribution is -2.21. The largest absolute Gasteiger partial charge is 0.298 e. The Morgan fingerprint density at radius 2 is 1.85 bits per heavy atom. The second kappa shape index (κ2) is 7.82. The molecule has 1 aromatic heterocycles. The van der Waals surface area contributed by atoms with Crippen molar-refractivity contribution in [1.82, 2.24) is 14.8 Å². The summed E-state index contributed by atoms with van der Waals surface area (Å²) in [4.78, 5) is 12.3. The Morgan fingerprint density at radius 1 is 1.07 bits per heavy atom. The summed E-state index contributed by atoms with van der Waals surface area (Å²) in [5.74, 6) is 0.285. The molecule has 1 unspecified atom stereocenters. The zero-order valence-corrected chi connectivity index (χ0v) is 16.0. The molecular formula is C20H17ClFN3OS. The van der Waals surface area contributed by atoms with Gasteiger partial charge in [-0.15, -0.1) is 10.2 Å². The predicted octanol–water partition coefficient (Wildman–Crippen LogP) is 5.33. The summed E-state index contributed by atoms with van der Waals surface area (Å²) in [6.45, 7) is 0. The van der Waals surface area contributed by atoms with Gasteiger partial charge in [-0.3, -0.25) is 9.36 Å². The molecule has 1 aliphatic carbocycles. The van der Waals surface area contributed by atoms with Gasteiger partial charge in [0.25, 0.3) is 0 Å². The normalized spacial score (nSPS) is 17.3. The van der Waals surface area contributed by atoms with Gasteiger partial charge in [-0.1, -0.05) is 54.0 Å². The predicted molar refractivity (Wildman–Crippen MR) is 105 cm³/mol. The molecule has 1 saturated carbocycles. The van der Waals surface area contributed by atoms with Crippen LogP contribution in [0.15, 0.2) is 53.7 Å². The molecule has 2 aromatic carbocycles. The molecule has 4 nitrogen and oxygen atoms in total. The molecule has 4 rings (SSSR count). The van der Waals surface area contributed by atoms with Gasteiger partial charge in [0.1, 0.15) is 11.6 Å². The number of benzene rings is 2. The lowest BCUT2D eigenvalue weighted by molar-refractivity contribution is -0.119. The first-order valence-corrected chi connectivity index (χ1v) is 10.1. The smallest absolute Gasteiger partial charge is 0.196 e. The van der Waals surface area contributed by atoms with Crippen LogP contribution in [-0.2, 0) is 4.79 Å². The standard InChI is InChI=1S/C20H17ClFN3OS/c21-14-8-2-1-7-13(14)19-23-24-20(27-18-12-6-5-11-17(18)26)25(19)16-10-4-3-9-15(16)22/h1-4,7-10,18H,5-6,11-12H2. The first-order valence-electron chi connectivity index (χ1n) is 8.80. The number of hydrogen-bond donors (Lipinski definition) is 0. The van der Waals surface area contributed by atoms with Crippen molar-refractivity contribution < 1.29 is 9.18 Å². The molecule has 0 spiro atoms. The van der Waals surface area contributed by atoms with Crippen LogP contribution in [0.25, 0.3) is 17.1 Å². The Labute approximate surface area is 165 Å². The number of para-hydroxylation sites is 1. The Balaban J connectivity index is 1.84. The molecule has 7 heteroatoms. The number of Topliss-reactive ketones (excluding diaryl/α,β-unsaturated/α-hetero) is 1. The van der Waals surface area contributed by atoms with E-state index in [1.165, 1.54) is 17.8 Å². The number of carbonyl (C=O) groups is 1. The Hall–Kier alpha value is -2.18. The quantitative estimate of drug-likeness (QED) is 0.592. The van der Waals surface area contributed by atoms with E-state index in [2.05, 4.69) is 10.2 Å². The third-order valence-electron chi connectivity index (χ3n) is 4.59. The molecular weight excluding hydrogens is 385 g/mol. The van der Waals surface area contributed by atoms with Gasteiger partial charge in [0, 0.05) is 12.0 Å². The lowest BCUT2D eigenvalue weighted by Gasteiger charge is -2.20. The molecule has 0 radical (unpaired) electrons. The van der Waals surface area contributed by atoms with E-state index < -0.39 is 0 Å². The summed E-state index contributed by atoms with van der Waals surface area (Å²) >= 11 is 7.70. The third kappa shape index (κ3) is 3.64. The number of rotatable bonds is 4. The van der Waals surface area contributed by atoms with Gasteiger partial charge >= 0.3 is 0 Å². The minimum atomic E-state index is -0.387. The molecule has 1 fully saturated rings. The number of ketones is 1. The van der Waals surface area contributed by atoms with E-state index in [1.807, 2.05) is 18.2 Å². The van der Waals surface area contributed by atoms with Crippen LogP contribution < -0.4 is 0 Å². The van der Waals surface area contributed by atoms with Crippen LogP contribution in [0.5, 0.6) is 0 Å². The number of nitrogens with zero attached hydrogens (tertiary/aromatic N) is 3. The maximum absolute atomic E-state index is 14.6. The van der Waals surface area contributed by atoms with Crippen LogP contribution in [0.1, 0.15) is 25.7 Å². The fourth-order valence-electron chi connectivity index (χ4n) is 3.22. The van der Waals surface area contributed by atoms with Crippen LogP contribution in [0.4, 0.5) is 4.39 Å². The van der Waals surface area contributed by atoms with Gasteiger partial charge in [-0.05, 0) is 37.1 Å². The molecule has 0 bridgehead atoms. The van der Waals surface area contributed by atoms with Crippen molar-refractivity contribution in [2.24, 2.45) is 0 Å². The molecule has 0 amide bonds. The van der Waals surface area contributed by atoms with Crippen LogP contribution in [0.2, 0.25) is 5.02 Å². The monoisotopic (exact) mass is 401 g/mol. The van der Waals surface area contributed by atoms with Crippen LogP contribution in [0, 0.1) is 5.82 Å². The second-order valence-corrected chi connectivity index (χ2v) is 7.97. The van der Waals surface area contributed by atoms with Gasteiger partial charge in [0.2, 0.25) is 0 Å². The molecule has 3 aromatic rings. The fraction of sp³-hybridized carbons (Fsp3) is 0.250. The highest BCUT2D eigenvalue weighted by atomic mass is 35.5. The van der Waals surface area contributed by atoms with Gasteiger partial charge in [-0.25, -0.2) is 4.39 Å². The first kappa shape index (κ1) is 18.2. The molecule has 27 heavy (non-hydrogen) atoms. The topological polar surface area (TPSA) is 47.8 Å². The van der Waals surface area contributed by atoms with E-state index in [0.717, 1.165) is 19.3 Å². The van der Waals surface area contributed by atoms with Gasteiger partial charge in [-0.2, -0.15) is 0 Å². The highest BCUT2D eigenvalue weighted by molar-refractivity contribution is 8.00. The molecule has 0 N–H and O–H groups in total. The van der Waals surface area contributed by atoms with E-state index in [1.54, 1.807) is 28.8 Å². The van der Waals surface area contributed by atoms with Crippen molar-refractivity contribution in [3.05, 3.63) is 59.4 Å². The van der Waals surface area contributed by atoms with Crippen LogP contribution in [-0.4, -0.2) is 25.8 Å². The first-order chi connectivity index (χ1) is 13.1. The maximum atomic E-state index is 14.6. The minimum Gasteiger partial charge on any atom is -0.298 e. The number of halogens is 2. The zero-order chi connectivity index (χ0) is 18.8. The summed E-state index contributed by atoms with van der Waals surface area (Å²) in [5, 5.41) is 9.39. The minimum absolute atomic E-state index is 0.174. The number of aromatic nitrogens is 3. The van der Waals surface area contributed by atoms with Gasteiger partial charge < -0.3 is 0 Å². The molecule has 1 aliphatic rings. The summed E-state index contributed by atoms with van der Waals surface area (Å²) in [5.41, 5.74) is 1.000. The van der Waals surface area contributed by atoms with E-state index in [9.17, 15) is 9.18 Å². The van der Waals surface area contributed by atoms with Gasteiger partial charge in [0.05, 0.1) is 16.0 Å². The van der Waals surface area contributed by atoms with Crippen molar-refractivity contribution in [3.8, 4) is 17.1 Å². The number of hydrogen-bond acceptors (Lipinski definition) is 4. The van der Waals surface area contributed by atoms with Gasteiger partial charge in [0.15, 0.2) is 11.0 Å². The van der Waals surface area contributed by atoms with Crippen molar-refractivity contribution in [3.63, 3.8) is 0 Å². The zero-order valence-electron chi connectivity index (χ0n) is 14.4.